The van der Waals surface area contributed by atoms with E-state index in [-0.39, 0.29) is 18.4 Å². The van der Waals surface area contributed by atoms with E-state index in [9.17, 15) is 9.59 Å². The maximum atomic E-state index is 12.0. The number of rotatable bonds is 6. The molecule has 1 aliphatic heterocycles. The van der Waals surface area contributed by atoms with E-state index in [4.69, 9.17) is 16.3 Å². The summed E-state index contributed by atoms with van der Waals surface area (Å²) in [6, 6.07) is 14.3. The first-order valence-corrected chi connectivity index (χ1v) is 8.53. The lowest BCUT2D eigenvalue weighted by atomic mass is 10.2. The Bertz CT molecular complexity index is 762. The Kier molecular flexibility index (Phi) is 5.56. The topological polar surface area (TPSA) is 58.6 Å². The monoisotopic (exact) mass is 358 g/mol. The number of hydrogen-bond donors (Lipinski definition) is 1. The summed E-state index contributed by atoms with van der Waals surface area (Å²) in [5.74, 6) is 0.524. The molecule has 0 aromatic heterocycles. The Balaban J connectivity index is 1.53. The van der Waals surface area contributed by atoms with Crippen LogP contribution in [0.15, 0.2) is 48.5 Å². The van der Waals surface area contributed by atoms with Gasteiger partial charge in [0.05, 0.1) is 0 Å². The fraction of sp³-hybridized carbons (Fsp3) is 0.263. The van der Waals surface area contributed by atoms with Crippen LogP contribution in [0.2, 0.25) is 5.02 Å². The molecule has 130 valence electrons. The van der Waals surface area contributed by atoms with Gasteiger partial charge in [-0.2, -0.15) is 0 Å². The minimum absolute atomic E-state index is 0.0868. The van der Waals surface area contributed by atoms with E-state index >= 15 is 0 Å². The van der Waals surface area contributed by atoms with Crippen LogP contribution in [0.5, 0.6) is 5.75 Å². The third-order valence-electron chi connectivity index (χ3n) is 3.94. The van der Waals surface area contributed by atoms with Crippen LogP contribution in [0.4, 0.5) is 5.69 Å². The summed E-state index contributed by atoms with van der Waals surface area (Å²) >= 11 is 5.81. The number of likely N-dealkylation sites (tertiary alicyclic amines) is 1. The lowest BCUT2D eigenvalue weighted by Crippen LogP contribution is -2.24. The van der Waals surface area contributed by atoms with Gasteiger partial charge >= 0.3 is 0 Å². The summed E-state index contributed by atoms with van der Waals surface area (Å²) in [5, 5.41) is 3.42. The minimum Gasteiger partial charge on any atom is -0.484 e. The van der Waals surface area contributed by atoms with E-state index in [1.54, 1.807) is 24.3 Å². The van der Waals surface area contributed by atoms with Crippen molar-refractivity contribution < 1.29 is 14.3 Å². The van der Waals surface area contributed by atoms with E-state index in [0.717, 1.165) is 18.5 Å². The summed E-state index contributed by atoms with van der Waals surface area (Å²) in [6.07, 6.45) is 1.54. The van der Waals surface area contributed by atoms with Crippen LogP contribution in [-0.4, -0.2) is 29.9 Å². The summed E-state index contributed by atoms with van der Waals surface area (Å²) in [5.41, 5.74) is 1.68. The van der Waals surface area contributed by atoms with Crippen LogP contribution in [0.1, 0.15) is 18.4 Å². The van der Waals surface area contributed by atoms with Crippen molar-refractivity contribution in [3.8, 4) is 5.75 Å². The zero-order valence-electron chi connectivity index (χ0n) is 13.7. The average molecular weight is 359 g/mol. The summed E-state index contributed by atoms with van der Waals surface area (Å²) < 4.78 is 5.42. The van der Waals surface area contributed by atoms with Crippen LogP contribution in [0.25, 0.3) is 0 Å². The van der Waals surface area contributed by atoms with Gasteiger partial charge in [-0.25, -0.2) is 0 Å². The van der Waals surface area contributed by atoms with Crippen molar-refractivity contribution in [2.24, 2.45) is 0 Å². The molecule has 0 atom stereocenters. The van der Waals surface area contributed by atoms with Gasteiger partial charge in [0.1, 0.15) is 5.75 Å². The first kappa shape index (κ1) is 17.3. The van der Waals surface area contributed by atoms with Gasteiger partial charge in [0, 0.05) is 30.2 Å². The quantitative estimate of drug-likeness (QED) is 0.860. The number of halogens is 1. The maximum absolute atomic E-state index is 12.0. The molecule has 1 fully saturated rings. The number of carbonyl (C=O) groups is 2. The number of carbonyl (C=O) groups excluding carboxylic acids is 2. The van der Waals surface area contributed by atoms with E-state index in [2.05, 4.69) is 5.32 Å². The molecule has 0 bridgehead atoms. The molecule has 3 rings (SSSR count). The van der Waals surface area contributed by atoms with Crippen molar-refractivity contribution in [1.82, 2.24) is 4.90 Å². The Labute approximate surface area is 151 Å². The molecule has 0 aliphatic carbocycles. The van der Waals surface area contributed by atoms with Gasteiger partial charge in [0.15, 0.2) is 6.61 Å². The zero-order chi connectivity index (χ0) is 17.6. The van der Waals surface area contributed by atoms with Gasteiger partial charge in [-0.1, -0.05) is 23.7 Å². The number of nitrogens with one attached hydrogen (secondary N) is 1. The standard InChI is InChI=1S/C19H19ClN2O3/c20-15-6-8-17(9-7-15)25-13-18(23)21-16-4-1-3-14(11-16)12-22-10-2-5-19(22)24/h1,3-4,6-9,11H,2,5,10,12-13H2,(H,21,23). The van der Waals surface area contributed by atoms with E-state index in [1.165, 1.54) is 0 Å². The molecule has 25 heavy (non-hydrogen) atoms. The van der Waals surface area contributed by atoms with Crippen molar-refractivity contribution in [3.63, 3.8) is 0 Å². The molecule has 2 aromatic rings. The van der Waals surface area contributed by atoms with Crippen LogP contribution >= 0.6 is 11.6 Å². The second-order valence-corrected chi connectivity index (χ2v) is 6.35. The molecule has 0 radical (unpaired) electrons. The molecule has 5 nitrogen and oxygen atoms in total. The second kappa shape index (κ2) is 8.03. The SMILES string of the molecule is O=C(COc1ccc(Cl)cc1)Nc1cccc(CN2CCCC2=O)c1. The van der Waals surface area contributed by atoms with E-state index in [1.807, 2.05) is 29.2 Å². The number of amides is 2. The third kappa shape index (κ3) is 4.97. The van der Waals surface area contributed by atoms with Crippen molar-refractivity contribution in [2.45, 2.75) is 19.4 Å². The average Bonchev–Trinajstić information content (AvgIpc) is 2.99. The van der Waals surface area contributed by atoms with E-state index in [0.29, 0.717) is 29.4 Å². The van der Waals surface area contributed by atoms with Crippen LogP contribution in [0, 0.1) is 0 Å². The Hall–Kier alpha value is -2.53. The highest BCUT2D eigenvalue weighted by Crippen LogP contribution is 2.18. The lowest BCUT2D eigenvalue weighted by molar-refractivity contribution is -0.128. The molecule has 2 aromatic carbocycles. The van der Waals surface area contributed by atoms with Gasteiger partial charge in [-0.3, -0.25) is 9.59 Å². The summed E-state index contributed by atoms with van der Waals surface area (Å²) in [6.45, 7) is 1.28. The molecule has 2 amide bonds. The van der Waals surface area contributed by atoms with Crippen molar-refractivity contribution in [3.05, 3.63) is 59.1 Å². The number of hydrogen-bond acceptors (Lipinski definition) is 3. The zero-order valence-corrected chi connectivity index (χ0v) is 14.5. The fourth-order valence-electron chi connectivity index (χ4n) is 2.72. The Morgan fingerprint density at radius 1 is 1.20 bits per heavy atom. The molecular weight excluding hydrogens is 340 g/mol. The predicted octanol–water partition coefficient (Wildman–Crippen LogP) is 3.48. The normalized spacial score (nSPS) is 13.8. The van der Waals surface area contributed by atoms with Gasteiger partial charge in [0.25, 0.3) is 5.91 Å². The molecule has 6 heteroatoms. The van der Waals surface area contributed by atoms with Gasteiger partial charge in [-0.15, -0.1) is 0 Å². The third-order valence-corrected chi connectivity index (χ3v) is 4.19. The summed E-state index contributed by atoms with van der Waals surface area (Å²) in [4.78, 5) is 25.6. The predicted molar refractivity (Wildman–Crippen MR) is 96.7 cm³/mol. The number of anilines is 1. The van der Waals surface area contributed by atoms with Gasteiger partial charge in [-0.05, 0) is 48.4 Å². The van der Waals surface area contributed by atoms with Gasteiger partial charge < -0.3 is 15.0 Å². The molecule has 1 N–H and O–H groups in total. The van der Waals surface area contributed by atoms with Crippen molar-refractivity contribution >= 4 is 29.1 Å². The van der Waals surface area contributed by atoms with Crippen LogP contribution in [-0.2, 0) is 16.1 Å². The Morgan fingerprint density at radius 2 is 2.00 bits per heavy atom. The summed E-state index contributed by atoms with van der Waals surface area (Å²) in [7, 11) is 0. The Morgan fingerprint density at radius 3 is 2.72 bits per heavy atom. The molecule has 0 unspecified atom stereocenters. The second-order valence-electron chi connectivity index (χ2n) is 5.91. The highest BCUT2D eigenvalue weighted by atomic mass is 35.5. The largest absolute Gasteiger partial charge is 0.484 e. The smallest absolute Gasteiger partial charge is 0.262 e. The molecule has 1 saturated heterocycles. The minimum atomic E-state index is -0.246. The number of benzene rings is 2. The maximum Gasteiger partial charge on any atom is 0.262 e. The van der Waals surface area contributed by atoms with Crippen LogP contribution in [0.3, 0.4) is 0 Å². The molecular formula is C19H19ClN2O3. The first-order valence-electron chi connectivity index (χ1n) is 8.15. The molecule has 1 aliphatic rings. The fourth-order valence-corrected chi connectivity index (χ4v) is 2.84. The van der Waals surface area contributed by atoms with Crippen molar-refractivity contribution in [2.75, 3.05) is 18.5 Å². The first-order chi connectivity index (χ1) is 12.1. The van der Waals surface area contributed by atoms with E-state index < -0.39 is 0 Å². The highest BCUT2D eigenvalue weighted by molar-refractivity contribution is 6.30. The number of nitrogens with zero attached hydrogens (tertiary/aromatic N) is 1. The highest BCUT2D eigenvalue weighted by Gasteiger charge is 2.20. The number of ether oxygens (including phenoxy) is 1. The van der Waals surface area contributed by atoms with Crippen LogP contribution < -0.4 is 10.1 Å². The molecule has 0 spiro atoms. The lowest BCUT2D eigenvalue weighted by Gasteiger charge is -2.16. The molecule has 0 saturated carbocycles. The molecule has 1 heterocycles. The van der Waals surface area contributed by atoms with Crippen molar-refractivity contribution in [1.29, 1.82) is 0 Å². The van der Waals surface area contributed by atoms with Gasteiger partial charge in [0.2, 0.25) is 5.91 Å².